The minimum atomic E-state index is 0. The Morgan fingerprint density at radius 3 is 2.50 bits per heavy atom. The van der Waals surface area contributed by atoms with E-state index in [0.717, 1.165) is 18.5 Å². The third kappa shape index (κ3) is 6.24. The second kappa shape index (κ2) is 9.78. The summed E-state index contributed by atoms with van der Waals surface area (Å²) in [6, 6.07) is 0. The molecule has 66 valence electrons. The summed E-state index contributed by atoms with van der Waals surface area (Å²) in [5.74, 6) is 0. The Labute approximate surface area is 111 Å². The minimum Gasteiger partial charge on any atom is -0.388 e. The fourth-order valence-electron chi connectivity index (χ4n) is 0.709. The van der Waals surface area contributed by atoms with Crippen molar-refractivity contribution in [2.24, 2.45) is 0 Å². The maximum Gasteiger partial charge on any atom is 0.00195 e. The molecule has 12 heavy (non-hydrogen) atoms. The molecule has 0 saturated heterocycles. The first-order valence-corrected chi connectivity index (χ1v) is 3.05. The monoisotopic (exact) mass is 279 g/mol. The van der Waals surface area contributed by atoms with E-state index in [4.69, 9.17) is 0 Å². The zero-order chi connectivity index (χ0) is 6.69. The van der Waals surface area contributed by atoms with Gasteiger partial charge in [-0.2, -0.15) is 12.1 Å². The maximum absolute atomic E-state index is 3.86. The molecule has 5 heteroatoms. The van der Waals surface area contributed by atoms with Gasteiger partial charge in [-0.1, -0.05) is 19.5 Å². The first-order valence-electron chi connectivity index (χ1n) is 3.05. The molecule has 1 aromatic rings. The van der Waals surface area contributed by atoms with Crippen molar-refractivity contribution in [2.75, 3.05) is 0 Å². The number of aryl methyl sites for hydroxylation is 1. The molecule has 0 bridgehead atoms. The molecular weight excluding hydrogens is 266 g/mol. The van der Waals surface area contributed by atoms with Crippen molar-refractivity contribution in [1.82, 2.24) is 15.0 Å². The Morgan fingerprint density at radius 1 is 1.58 bits per heavy atom. The van der Waals surface area contributed by atoms with Crippen molar-refractivity contribution in [3.05, 3.63) is 26.4 Å². The van der Waals surface area contributed by atoms with Gasteiger partial charge in [-0.3, -0.25) is 0 Å². The molecule has 3 nitrogen and oxygen atoms in total. The molecule has 1 rings (SSSR count). The van der Waals surface area contributed by atoms with E-state index in [1.165, 1.54) is 4.68 Å². The van der Waals surface area contributed by atoms with Crippen molar-refractivity contribution >= 4 is 0 Å². The topological polar surface area (TPSA) is 30.7 Å². The van der Waals surface area contributed by atoms with Gasteiger partial charge in [0.2, 0.25) is 0 Å². The van der Waals surface area contributed by atoms with E-state index in [9.17, 15) is 0 Å². The van der Waals surface area contributed by atoms with E-state index in [0.29, 0.717) is 0 Å². The standard InChI is InChI=1S/C6H10N3.CH3.V.Y/c1-3-4-6-5-9(2)8-7-6;;;/h5H,2-4H2,1H3;1H3;;/q2*-1;;. The van der Waals surface area contributed by atoms with Crippen molar-refractivity contribution in [3.8, 4) is 0 Å². The van der Waals surface area contributed by atoms with Gasteiger partial charge in [-0.15, -0.1) is 5.21 Å². The minimum absolute atomic E-state index is 0. The molecule has 0 N–H and O–H groups in total. The van der Waals surface area contributed by atoms with E-state index < -0.39 is 0 Å². The first kappa shape index (κ1) is 18.5. The fourth-order valence-corrected chi connectivity index (χ4v) is 0.709. The summed E-state index contributed by atoms with van der Waals surface area (Å²) in [4.78, 5) is 0. The molecule has 0 aromatic carbocycles. The summed E-state index contributed by atoms with van der Waals surface area (Å²) in [6.07, 6.45) is 3.94. The second-order valence-corrected chi connectivity index (χ2v) is 2.00. The van der Waals surface area contributed by atoms with Gasteiger partial charge in [-0.05, 0) is 6.42 Å². The average molecular weight is 279 g/mol. The predicted octanol–water partition coefficient (Wildman–Crippen LogP) is 1.32. The van der Waals surface area contributed by atoms with Crippen LogP contribution >= 0.6 is 0 Å². The fraction of sp³-hybridized carbons (Fsp3) is 0.429. The quantitative estimate of drug-likeness (QED) is 0.764. The van der Waals surface area contributed by atoms with Crippen molar-refractivity contribution in [3.63, 3.8) is 0 Å². The van der Waals surface area contributed by atoms with Crippen LogP contribution in [-0.2, 0) is 57.7 Å². The largest absolute Gasteiger partial charge is 0.388 e. The third-order valence-electron chi connectivity index (χ3n) is 1.09. The SMILES string of the molecule is [CH2-]n1cc(CCC)nn1.[CH3-].[V].[Y]. The van der Waals surface area contributed by atoms with Crippen LogP contribution in [0, 0.1) is 14.5 Å². The van der Waals surface area contributed by atoms with Crippen molar-refractivity contribution in [1.29, 1.82) is 0 Å². The molecule has 0 spiro atoms. The summed E-state index contributed by atoms with van der Waals surface area (Å²) >= 11 is 0. The number of nitrogens with zero attached hydrogens (tertiary/aromatic N) is 3. The van der Waals surface area contributed by atoms with E-state index in [2.05, 4.69) is 24.3 Å². The third-order valence-corrected chi connectivity index (χ3v) is 1.09. The normalized spacial score (nSPS) is 7.42. The van der Waals surface area contributed by atoms with Crippen LogP contribution in [0.4, 0.5) is 0 Å². The Morgan fingerprint density at radius 2 is 2.17 bits per heavy atom. The summed E-state index contributed by atoms with van der Waals surface area (Å²) < 4.78 is 1.48. The number of rotatable bonds is 2. The van der Waals surface area contributed by atoms with E-state index in [-0.39, 0.29) is 58.7 Å². The Balaban J connectivity index is -0.000000270. The van der Waals surface area contributed by atoms with Crippen LogP contribution in [0.1, 0.15) is 19.0 Å². The van der Waals surface area contributed by atoms with Gasteiger partial charge in [-0.25, -0.2) is 0 Å². The summed E-state index contributed by atoms with van der Waals surface area (Å²) in [7, 11) is 3.57. The molecule has 0 aliphatic carbocycles. The molecule has 1 heterocycles. The van der Waals surface area contributed by atoms with E-state index >= 15 is 0 Å². The van der Waals surface area contributed by atoms with Crippen LogP contribution in [-0.4, -0.2) is 15.0 Å². The van der Waals surface area contributed by atoms with Gasteiger partial charge in [0.1, 0.15) is 0 Å². The van der Waals surface area contributed by atoms with Crippen LogP contribution < -0.4 is 0 Å². The Kier molecular flexibility index (Phi) is 15.1. The molecule has 0 amide bonds. The zero-order valence-corrected chi connectivity index (χ0v) is 11.8. The van der Waals surface area contributed by atoms with E-state index in [1.807, 2.05) is 6.20 Å². The first-order chi connectivity index (χ1) is 4.33. The molecule has 0 unspecified atom stereocenters. The summed E-state index contributed by atoms with van der Waals surface area (Å²) in [5.41, 5.74) is 1.02. The molecule has 0 aliphatic rings. The van der Waals surface area contributed by atoms with Crippen LogP contribution in [0.25, 0.3) is 0 Å². The predicted molar refractivity (Wildman–Crippen MR) is 41.2 cm³/mol. The molecule has 0 aliphatic heterocycles. The zero-order valence-electron chi connectivity index (χ0n) is 7.56. The van der Waals surface area contributed by atoms with Gasteiger partial charge in [0.05, 0.1) is 0 Å². The average Bonchev–Trinajstić information content (AvgIpc) is 2.17. The smallest absolute Gasteiger partial charge is 0.00195 e. The number of hydrogen-bond acceptors (Lipinski definition) is 2. The Hall–Kier alpha value is 0.698. The summed E-state index contributed by atoms with van der Waals surface area (Å²) in [5, 5.41) is 7.55. The van der Waals surface area contributed by atoms with Crippen molar-refractivity contribution < 1.29 is 51.3 Å². The molecule has 0 atom stereocenters. The molecule has 0 fully saturated rings. The molecular formula is C7H13N3VY-2. The molecule has 0 saturated carbocycles. The summed E-state index contributed by atoms with van der Waals surface area (Å²) in [6.45, 7) is 2.11. The van der Waals surface area contributed by atoms with Gasteiger partial charge >= 0.3 is 0 Å². The van der Waals surface area contributed by atoms with Crippen LogP contribution in [0.5, 0.6) is 0 Å². The second-order valence-electron chi connectivity index (χ2n) is 2.00. The van der Waals surface area contributed by atoms with Gasteiger partial charge in [0, 0.05) is 57.0 Å². The van der Waals surface area contributed by atoms with Crippen molar-refractivity contribution in [2.45, 2.75) is 19.8 Å². The van der Waals surface area contributed by atoms with Crippen LogP contribution in [0.3, 0.4) is 0 Å². The van der Waals surface area contributed by atoms with Gasteiger partial charge in [0.15, 0.2) is 0 Å². The van der Waals surface area contributed by atoms with E-state index in [1.54, 1.807) is 0 Å². The van der Waals surface area contributed by atoms with Crippen LogP contribution in [0.15, 0.2) is 6.20 Å². The van der Waals surface area contributed by atoms with Gasteiger partial charge < -0.3 is 12.1 Å². The molecule has 2 radical (unpaired) electrons. The van der Waals surface area contributed by atoms with Gasteiger partial charge in [0.25, 0.3) is 0 Å². The Bertz CT molecular complexity index is 191. The maximum atomic E-state index is 3.86. The van der Waals surface area contributed by atoms with Crippen LogP contribution in [0.2, 0.25) is 0 Å². The number of hydrogen-bond donors (Lipinski definition) is 0. The number of aromatic nitrogens is 3. The molecule has 1 aromatic heterocycles.